The standard InChI is InChI=1S/C16H14ClF2N3O2/c1-9-4-10(5-21-15(9)24-8-13(18)19)6-22-7-12-11(16(22)23)2-3-20-14(12)17/h2-5,13H,6-8H2,1H3. The molecule has 2 aromatic rings. The van der Waals surface area contributed by atoms with Crippen LogP contribution in [-0.4, -0.2) is 33.8 Å². The first-order valence-electron chi connectivity index (χ1n) is 7.25. The van der Waals surface area contributed by atoms with E-state index < -0.39 is 13.0 Å². The van der Waals surface area contributed by atoms with E-state index in [4.69, 9.17) is 16.3 Å². The Morgan fingerprint density at radius 2 is 2.21 bits per heavy atom. The molecule has 5 nitrogen and oxygen atoms in total. The van der Waals surface area contributed by atoms with Crippen LogP contribution in [0.1, 0.15) is 27.0 Å². The maximum absolute atomic E-state index is 12.4. The van der Waals surface area contributed by atoms with Gasteiger partial charge in [-0.3, -0.25) is 4.79 Å². The summed E-state index contributed by atoms with van der Waals surface area (Å²) in [6.45, 7) is 1.74. The molecule has 2 aromatic heterocycles. The number of aromatic nitrogens is 2. The topological polar surface area (TPSA) is 55.3 Å². The molecule has 0 atom stereocenters. The maximum Gasteiger partial charge on any atom is 0.272 e. The van der Waals surface area contributed by atoms with Gasteiger partial charge in [-0.15, -0.1) is 0 Å². The molecule has 0 fully saturated rings. The summed E-state index contributed by atoms with van der Waals surface area (Å²) < 4.78 is 29.3. The van der Waals surface area contributed by atoms with Crippen LogP contribution >= 0.6 is 11.6 Å². The monoisotopic (exact) mass is 353 g/mol. The molecular weight excluding hydrogens is 340 g/mol. The molecule has 8 heteroatoms. The van der Waals surface area contributed by atoms with Crippen LogP contribution in [0.25, 0.3) is 0 Å². The fourth-order valence-corrected chi connectivity index (χ4v) is 2.82. The molecule has 3 heterocycles. The summed E-state index contributed by atoms with van der Waals surface area (Å²) in [7, 11) is 0. The zero-order chi connectivity index (χ0) is 17.3. The van der Waals surface area contributed by atoms with E-state index in [9.17, 15) is 13.6 Å². The minimum Gasteiger partial charge on any atom is -0.471 e. The smallest absolute Gasteiger partial charge is 0.272 e. The third-order valence-electron chi connectivity index (χ3n) is 3.68. The number of rotatable bonds is 5. The van der Waals surface area contributed by atoms with E-state index in [1.54, 1.807) is 24.0 Å². The number of hydrogen-bond donors (Lipinski definition) is 0. The van der Waals surface area contributed by atoms with Gasteiger partial charge in [-0.05, 0) is 24.6 Å². The number of alkyl halides is 2. The molecule has 0 bridgehead atoms. The van der Waals surface area contributed by atoms with Gasteiger partial charge in [0, 0.05) is 35.6 Å². The number of carbonyl (C=O) groups is 1. The largest absolute Gasteiger partial charge is 0.471 e. The zero-order valence-electron chi connectivity index (χ0n) is 12.8. The van der Waals surface area contributed by atoms with Gasteiger partial charge in [0.1, 0.15) is 5.15 Å². The summed E-state index contributed by atoms with van der Waals surface area (Å²) >= 11 is 6.03. The lowest BCUT2D eigenvalue weighted by atomic mass is 10.2. The number of ether oxygens (including phenoxy) is 1. The van der Waals surface area contributed by atoms with Crippen molar-refractivity contribution in [2.75, 3.05) is 6.61 Å². The molecule has 0 saturated heterocycles. The molecule has 24 heavy (non-hydrogen) atoms. The molecule has 0 saturated carbocycles. The lowest BCUT2D eigenvalue weighted by Crippen LogP contribution is -2.23. The Kier molecular flexibility index (Phi) is 4.62. The summed E-state index contributed by atoms with van der Waals surface area (Å²) in [5.74, 6) is 0.0484. The van der Waals surface area contributed by atoms with Crippen molar-refractivity contribution in [1.29, 1.82) is 0 Å². The van der Waals surface area contributed by atoms with Crippen molar-refractivity contribution in [1.82, 2.24) is 14.9 Å². The van der Waals surface area contributed by atoms with Crippen molar-refractivity contribution in [3.8, 4) is 5.88 Å². The normalized spacial score (nSPS) is 13.5. The van der Waals surface area contributed by atoms with E-state index in [1.165, 1.54) is 12.4 Å². The van der Waals surface area contributed by atoms with Crippen LogP contribution in [0.4, 0.5) is 8.78 Å². The quantitative estimate of drug-likeness (QED) is 0.774. The summed E-state index contributed by atoms with van der Waals surface area (Å²) in [5.41, 5.74) is 2.68. The van der Waals surface area contributed by atoms with Crippen LogP contribution in [0.2, 0.25) is 5.15 Å². The van der Waals surface area contributed by atoms with E-state index >= 15 is 0 Å². The van der Waals surface area contributed by atoms with E-state index in [0.29, 0.717) is 34.9 Å². The fraction of sp³-hybridized carbons (Fsp3) is 0.312. The predicted molar refractivity (Wildman–Crippen MR) is 83.3 cm³/mol. The van der Waals surface area contributed by atoms with Gasteiger partial charge in [-0.2, -0.15) is 0 Å². The number of halogens is 3. The summed E-state index contributed by atoms with van der Waals surface area (Å²) in [6.07, 6.45) is 0.470. The highest BCUT2D eigenvalue weighted by Crippen LogP contribution is 2.29. The molecule has 1 aliphatic rings. The summed E-state index contributed by atoms with van der Waals surface area (Å²) in [5, 5.41) is 0.327. The second kappa shape index (κ2) is 6.68. The minimum atomic E-state index is -2.55. The Hall–Kier alpha value is -2.28. The van der Waals surface area contributed by atoms with Crippen molar-refractivity contribution in [2.24, 2.45) is 0 Å². The Morgan fingerprint density at radius 1 is 1.42 bits per heavy atom. The van der Waals surface area contributed by atoms with Gasteiger partial charge >= 0.3 is 0 Å². The first-order chi connectivity index (χ1) is 11.5. The fourth-order valence-electron chi connectivity index (χ4n) is 2.60. The molecule has 0 N–H and O–H groups in total. The van der Waals surface area contributed by atoms with Gasteiger partial charge in [-0.25, -0.2) is 18.7 Å². The summed E-state index contributed by atoms with van der Waals surface area (Å²) in [4.78, 5) is 22.1. The minimum absolute atomic E-state index is 0.120. The van der Waals surface area contributed by atoms with E-state index in [1.807, 2.05) is 0 Å². The molecule has 126 valence electrons. The van der Waals surface area contributed by atoms with E-state index in [2.05, 4.69) is 9.97 Å². The van der Waals surface area contributed by atoms with Crippen molar-refractivity contribution >= 4 is 17.5 Å². The van der Waals surface area contributed by atoms with Gasteiger partial charge < -0.3 is 9.64 Å². The first kappa shape index (κ1) is 16.6. The third-order valence-corrected chi connectivity index (χ3v) is 4.00. The van der Waals surface area contributed by atoms with E-state index in [-0.39, 0.29) is 11.8 Å². The maximum atomic E-state index is 12.4. The van der Waals surface area contributed by atoms with Crippen molar-refractivity contribution in [3.05, 3.63) is 51.9 Å². The first-order valence-corrected chi connectivity index (χ1v) is 7.62. The number of fused-ring (bicyclic) bond motifs is 1. The number of pyridine rings is 2. The summed E-state index contributed by atoms with van der Waals surface area (Å²) in [6, 6.07) is 3.41. The second-order valence-electron chi connectivity index (χ2n) is 5.46. The molecule has 0 unspecified atom stereocenters. The lowest BCUT2D eigenvalue weighted by Gasteiger charge is -2.16. The predicted octanol–water partition coefficient (Wildman–Crippen LogP) is 3.24. The van der Waals surface area contributed by atoms with Crippen molar-refractivity contribution in [2.45, 2.75) is 26.4 Å². The molecule has 1 aliphatic heterocycles. The van der Waals surface area contributed by atoms with Crippen LogP contribution in [-0.2, 0) is 13.1 Å². The Morgan fingerprint density at radius 3 is 2.88 bits per heavy atom. The van der Waals surface area contributed by atoms with Crippen LogP contribution < -0.4 is 4.74 Å². The van der Waals surface area contributed by atoms with E-state index in [0.717, 1.165) is 5.56 Å². The molecule has 0 radical (unpaired) electrons. The molecule has 3 rings (SSSR count). The van der Waals surface area contributed by atoms with Crippen molar-refractivity contribution in [3.63, 3.8) is 0 Å². The van der Waals surface area contributed by atoms with Crippen LogP contribution in [0.5, 0.6) is 5.88 Å². The molecule has 1 amide bonds. The average Bonchev–Trinajstić information content (AvgIpc) is 2.85. The highest BCUT2D eigenvalue weighted by Gasteiger charge is 2.29. The highest BCUT2D eigenvalue weighted by atomic mass is 35.5. The van der Waals surface area contributed by atoms with Gasteiger partial charge in [0.05, 0.1) is 6.54 Å². The van der Waals surface area contributed by atoms with Crippen molar-refractivity contribution < 1.29 is 18.3 Å². The molecule has 0 spiro atoms. The van der Waals surface area contributed by atoms with Gasteiger partial charge in [0.25, 0.3) is 12.3 Å². The number of hydrogen-bond acceptors (Lipinski definition) is 4. The highest BCUT2D eigenvalue weighted by molar-refractivity contribution is 6.30. The average molecular weight is 354 g/mol. The van der Waals surface area contributed by atoms with Crippen LogP contribution in [0.3, 0.4) is 0 Å². The van der Waals surface area contributed by atoms with Crippen LogP contribution in [0, 0.1) is 6.92 Å². The second-order valence-corrected chi connectivity index (χ2v) is 5.81. The number of carbonyl (C=O) groups excluding carboxylic acids is 1. The Labute approximate surface area is 142 Å². The molecular formula is C16H14ClF2N3O2. The molecule has 0 aliphatic carbocycles. The Bertz CT molecular complexity index is 786. The number of nitrogens with zero attached hydrogens (tertiary/aromatic N) is 3. The lowest BCUT2D eigenvalue weighted by molar-refractivity contribution is 0.0762. The zero-order valence-corrected chi connectivity index (χ0v) is 13.6. The van der Waals surface area contributed by atoms with Gasteiger partial charge in [0.2, 0.25) is 5.88 Å². The van der Waals surface area contributed by atoms with Gasteiger partial charge in [0.15, 0.2) is 6.61 Å². The SMILES string of the molecule is Cc1cc(CN2Cc3c(ccnc3Cl)C2=O)cnc1OCC(F)F. The number of amides is 1. The van der Waals surface area contributed by atoms with Crippen LogP contribution in [0.15, 0.2) is 24.5 Å². The third kappa shape index (κ3) is 3.31. The molecule has 0 aromatic carbocycles. The number of aryl methyl sites for hydroxylation is 1. The van der Waals surface area contributed by atoms with Gasteiger partial charge in [-0.1, -0.05) is 11.6 Å². The Balaban J connectivity index is 1.72.